The Balaban J connectivity index is 2.60. The Morgan fingerprint density at radius 1 is 1.31 bits per heavy atom. The van der Waals surface area contributed by atoms with Gasteiger partial charge in [-0.05, 0) is 18.6 Å². The number of para-hydroxylation sites is 1. The molecule has 0 spiro atoms. The summed E-state index contributed by atoms with van der Waals surface area (Å²) in [5.41, 5.74) is 0.885. The molecule has 0 atom stereocenters. The van der Waals surface area contributed by atoms with Gasteiger partial charge >= 0.3 is 0 Å². The molecule has 0 amide bonds. The van der Waals surface area contributed by atoms with Crippen molar-refractivity contribution in [2.75, 3.05) is 0 Å². The minimum absolute atomic E-state index is 0.775. The molecule has 1 nitrogen and oxygen atoms in total. The Morgan fingerprint density at radius 2 is 2.08 bits per heavy atom. The molecule has 0 aliphatic carbocycles. The summed E-state index contributed by atoms with van der Waals surface area (Å²) in [6.07, 6.45) is 1.97. The van der Waals surface area contributed by atoms with Crippen molar-refractivity contribution in [2.45, 2.75) is 19.8 Å². The van der Waals surface area contributed by atoms with Crippen LogP contribution in [0.2, 0.25) is 5.02 Å². The molecule has 2 heteroatoms. The van der Waals surface area contributed by atoms with Crippen LogP contribution < -0.4 is 0 Å². The highest BCUT2D eigenvalue weighted by molar-refractivity contribution is 6.36. The van der Waals surface area contributed by atoms with E-state index < -0.39 is 0 Å². The van der Waals surface area contributed by atoms with E-state index in [0.29, 0.717) is 0 Å². The number of benzene rings is 1. The van der Waals surface area contributed by atoms with E-state index in [0.717, 1.165) is 34.6 Å². The monoisotopic (exact) mass is 194 g/mol. The van der Waals surface area contributed by atoms with Gasteiger partial charge in [-0.25, -0.2) is 0 Å². The molecule has 1 aromatic heterocycles. The van der Waals surface area contributed by atoms with Gasteiger partial charge in [0.1, 0.15) is 11.3 Å². The molecule has 0 saturated heterocycles. The molecule has 0 aliphatic rings. The largest absolute Gasteiger partial charge is 0.459 e. The minimum atomic E-state index is 0.775. The van der Waals surface area contributed by atoms with Crippen LogP contribution in [-0.4, -0.2) is 0 Å². The van der Waals surface area contributed by atoms with Gasteiger partial charge in [0, 0.05) is 11.8 Å². The number of fused-ring (bicyclic) bond motifs is 1. The highest BCUT2D eigenvalue weighted by atomic mass is 35.5. The van der Waals surface area contributed by atoms with Crippen LogP contribution in [0.15, 0.2) is 28.7 Å². The number of furan rings is 1. The zero-order chi connectivity index (χ0) is 9.26. The van der Waals surface area contributed by atoms with Crippen molar-refractivity contribution in [3.8, 4) is 0 Å². The Kier molecular flexibility index (Phi) is 2.28. The van der Waals surface area contributed by atoms with Gasteiger partial charge in [-0.3, -0.25) is 0 Å². The number of hydrogen-bond acceptors (Lipinski definition) is 1. The summed E-state index contributed by atoms with van der Waals surface area (Å²) >= 11 is 6.14. The SMILES string of the molecule is CCCc1oc2ccccc2c1Cl. The highest BCUT2D eigenvalue weighted by Gasteiger charge is 2.09. The fraction of sp³-hybridized carbons (Fsp3) is 0.273. The molecule has 0 radical (unpaired) electrons. The lowest BCUT2D eigenvalue weighted by Crippen LogP contribution is -1.77. The second-order valence-electron chi connectivity index (χ2n) is 3.09. The van der Waals surface area contributed by atoms with Crippen LogP contribution in [0.4, 0.5) is 0 Å². The van der Waals surface area contributed by atoms with Crippen molar-refractivity contribution < 1.29 is 4.42 Å². The molecule has 1 aromatic carbocycles. The zero-order valence-corrected chi connectivity index (χ0v) is 8.27. The normalized spacial score (nSPS) is 10.9. The molecule has 0 saturated carbocycles. The molecule has 0 aliphatic heterocycles. The van der Waals surface area contributed by atoms with Crippen LogP contribution in [0.1, 0.15) is 19.1 Å². The molecule has 0 unspecified atom stereocenters. The standard InChI is InChI=1S/C11H11ClO/c1-2-5-10-11(12)8-6-3-4-7-9(8)13-10/h3-4,6-7H,2,5H2,1H3. The maximum Gasteiger partial charge on any atom is 0.135 e. The highest BCUT2D eigenvalue weighted by Crippen LogP contribution is 2.30. The lowest BCUT2D eigenvalue weighted by molar-refractivity contribution is 0.545. The van der Waals surface area contributed by atoms with Crippen LogP contribution >= 0.6 is 11.6 Å². The quantitative estimate of drug-likeness (QED) is 0.703. The van der Waals surface area contributed by atoms with Crippen LogP contribution in [0.25, 0.3) is 11.0 Å². The third-order valence-corrected chi connectivity index (χ3v) is 2.49. The Hall–Kier alpha value is -0.950. The predicted octanol–water partition coefficient (Wildman–Crippen LogP) is 4.04. The van der Waals surface area contributed by atoms with Gasteiger partial charge in [0.15, 0.2) is 0 Å². The summed E-state index contributed by atoms with van der Waals surface area (Å²) in [6.45, 7) is 2.11. The van der Waals surface area contributed by atoms with Crippen molar-refractivity contribution in [3.05, 3.63) is 35.0 Å². The van der Waals surface area contributed by atoms with E-state index in [-0.39, 0.29) is 0 Å². The molecule has 13 heavy (non-hydrogen) atoms. The topological polar surface area (TPSA) is 13.1 Å². The van der Waals surface area contributed by atoms with Gasteiger partial charge in [-0.1, -0.05) is 30.7 Å². The first-order valence-electron chi connectivity index (χ1n) is 4.49. The summed E-state index contributed by atoms with van der Waals surface area (Å²) in [5.74, 6) is 0.908. The molecule has 0 N–H and O–H groups in total. The fourth-order valence-corrected chi connectivity index (χ4v) is 1.74. The van der Waals surface area contributed by atoms with Crippen LogP contribution in [0.5, 0.6) is 0 Å². The smallest absolute Gasteiger partial charge is 0.135 e. The second kappa shape index (κ2) is 3.43. The Bertz CT molecular complexity index is 417. The van der Waals surface area contributed by atoms with E-state index >= 15 is 0 Å². The summed E-state index contributed by atoms with van der Waals surface area (Å²) < 4.78 is 5.61. The lowest BCUT2D eigenvalue weighted by Gasteiger charge is -1.90. The molecule has 1 heterocycles. The maximum atomic E-state index is 6.14. The van der Waals surface area contributed by atoms with E-state index in [2.05, 4.69) is 6.92 Å². The first-order valence-corrected chi connectivity index (χ1v) is 4.86. The van der Waals surface area contributed by atoms with E-state index in [1.807, 2.05) is 24.3 Å². The molecule has 0 fully saturated rings. The number of aryl methyl sites for hydroxylation is 1. The van der Waals surface area contributed by atoms with Crippen molar-refractivity contribution >= 4 is 22.6 Å². The maximum absolute atomic E-state index is 6.14. The van der Waals surface area contributed by atoms with Gasteiger partial charge in [0.25, 0.3) is 0 Å². The van der Waals surface area contributed by atoms with E-state index in [1.165, 1.54) is 0 Å². The zero-order valence-electron chi connectivity index (χ0n) is 7.51. The van der Waals surface area contributed by atoms with Crippen LogP contribution in [-0.2, 0) is 6.42 Å². The Labute approximate surface area is 82.3 Å². The third kappa shape index (κ3) is 1.44. The first-order chi connectivity index (χ1) is 6.33. The average molecular weight is 195 g/mol. The predicted molar refractivity (Wildman–Crippen MR) is 55.2 cm³/mol. The first kappa shape index (κ1) is 8.64. The van der Waals surface area contributed by atoms with Gasteiger partial charge in [0.2, 0.25) is 0 Å². The average Bonchev–Trinajstić information content (AvgIpc) is 2.46. The van der Waals surface area contributed by atoms with Crippen molar-refractivity contribution in [1.29, 1.82) is 0 Å². The molecular formula is C11H11ClO. The number of rotatable bonds is 2. The molecule has 2 aromatic rings. The molecular weight excluding hydrogens is 184 g/mol. The Morgan fingerprint density at radius 3 is 2.77 bits per heavy atom. The number of halogens is 1. The molecule has 68 valence electrons. The van der Waals surface area contributed by atoms with E-state index in [1.54, 1.807) is 0 Å². The summed E-state index contributed by atoms with van der Waals surface area (Å²) in [7, 11) is 0. The second-order valence-corrected chi connectivity index (χ2v) is 3.46. The lowest BCUT2D eigenvalue weighted by atomic mass is 10.2. The van der Waals surface area contributed by atoms with Crippen LogP contribution in [0.3, 0.4) is 0 Å². The minimum Gasteiger partial charge on any atom is -0.459 e. The third-order valence-electron chi connectivity index (χ3n) is 2.08. The van der Waals surface area contributed by atoms with Crippen molar-refractivity contribution in [1.82, 2.24) is 0 Å². The molecule has 0 bridgehead atoms. The van der Waals surface area contributed by atoms with Crippen molar-refractivity contribution in [2.24, 2.45) is 0 Å². The van der Waals surface area contributed by atoms with Gasteiger partial charge in [0.05, 0.1) is 5.02 Å². The summed E-state index contributed by atoms with van der Waals surface area (Å²) in [6, 6.07) is 7.86. The fourth-order valence-electron chi connectivity index (χ4n) is 1.45. The van der Waals surface area contributed by atoms with Crippen LogP contribution in [0, 0.1) is 0 Å². The van der Waals surface area contributed by atoms with Crippen molar-refractivity contribution in [3.63, 3.8) is 0 Å². The molecule has 2 rings (SSSR count). The summed E-state index contributed by atoms with van der Waals surface area (Å²) in [4.78, 5) is 0. The van der Waals surface area contributed by atoms with E-state index in [4.69, 9.17) is 16.0 Å². The van der Waals surface area contributed by atoms with Gasteiger partial charge < -0.3 is 4.42 Å². The summed E-state index contributed by atoms with van der Waals surface area (Å²) in [5, 5.41) is 1.80. The van der Waals surface area contributed by atoms with E-state index in [9.17, 15) is 0 Å². The van der Waals surface area contributed by atoms with Gasteiger partial charge in [-0.15, -0.1) is 0 Å². The van der Waals surface area contributed by atoms with Gasteiger partial charge in [-0.2, -0.15) is 0 Å². The number of hydrogen-bond donors (Lipinski definition) is 0.